The van der Waals surface area contributed by atoms with Crippen LogP contribution in [0.3, 0.4) is 0 Å². The van der Waals surface area contributed by atoms with E-state index < -0.39 is 0 Å². The highest BCUT2D eigenvalue weighted by molar-refractivity contribution is 5.55. The smallest absolute Gasteiger partial charge is 0.124 e. The summed E-state index contributed by atoms with van der Waals surface area (Å²) < 4.78 is 0. The lowest BCUT2D eigenvalue weighted by Gasteiger charge is -2.32. The topological polar surface area (TPSA) is 29.1 Å². The standard InChI is InChI=1S/C12H19NO/c14-7-8-3-1-5-10-9-4-2-6-11(9)13-12(8)10/h7-13H,1-6H2. The van der Waals surface area contributed by atoms with Gasteiger partial charge in [0.05, 0.1) is 0 Å². The molecule has 1 heterocycles. The van der Waals surface area contributed by atoms with Crippen molar-refractivity contribution in [3.8, 4) is 0 Å². The number of carbonyl (C=O) groups excluding carboxylic acids is 1. The van der Waals surface area contributed by atoms with E-state index in [1.165, 1.54) is 38.4 Å². The summed E-state index contributed by atoms with van der Waals surface area (Å²) in [7, 11) is 0. The molecule has 1 saturated heterocycles. The van der Waals surface area contributed by atoms with Crippen molar-refractivity contribution in [3.63, 3.8) is 0 Å². The number of nitrogens with one attached hydrogen (secondary N) is 1. The van der Waals surface area contributed by atoms with Gasteiger partial charge in [0.25, 0.3) is 0 Å². The molecule has 5 atom stereocenters. The van der Waals surface area contributed by atoms with Gasteiger partial charge in [0.15, 0.2) is 0 Å². The predicted molar refractivity (Wildman–Crippen MR) is 54.9 cm³/mol. The first-order chi connectivity index (χ1) is 6.90. The minimum atomic E-state index is 0.319. The Morgan fingerprint density at radius 2 is 1.79 bits per heavy atom. The van der Waals surface area contributed by atoms with Gasteiger partial charge in [0.2, 0.25) is 0 Å². The SMILES string of the molecule is O=CC1CCCC2C3CCCC3NC12. The number of aldehydes is 1. The quantitative estimate of drug-likeness (QED) is 0.643. The summed E-state index contributed by atoms with van der Waals surface area (Å²) in [5.41, 5.74) is 0. The van der Waals surface area contributed by atoms with Crippen molar-refractivity contribution >= 4 is 6.29 Å². The van der Waals surface area contributed by atoms with Gasteiger partial charge in [-0.25, -0.2) is 0 Å². The maximum atomic E-state index is 11.0. The van der Waals surface area contributed by atoms with Crippen molar-refractivity contribution < 1.29 is 4.79 Å². The molecular formula is C12H19NO. The van der Waals surface area contributed by atoms with E-state index in [1.54, 1.807) is 0 Å². The van der Waals surface area contributed by atoms with Gasteiger partial charge in [-0.2, -0.15) is 0 Å². The van der Waals surface area contributed by atoms with Gasteiger partial charge >= 0.3 is 0 Å². The second-order valence-electron chi connectivity index (χ2n) is 5.29. The third-order valence-corrected chi connectivity index (χ3v) is 4.70. The Hall–Kier alpha value is -0.370. The molecule has 0 bridgehead atoms. The van der Waals surface area contributed by atoms with Gasteiger partial charge in [-0.3, -0.25) is 0 Å². The molecule has 0 radical (unpaired) electrons. The molecule has 0 aromatic heterocycles. The van der Waals surface area contributed by atoms with Crippen LogP contribution in [0.15, 0.2) is 0 Å². The number of fused-ring (bicyclic) bond motifs is 3. The zero-order valence-corrected chi connectivity index (χ0v) is 8.61. The lowest BCUT2D eigenvalue weighted by atomic mass is 9.74. The van der Waals surface area contributed by atoms with E-state index in [2.05, 4.69) is 5.32 Å². The Balaban J connectivity index is 1.81. The molecule has 5 unspecified atom stereocenters. The molecule has 3 rings (SSSR count). The molecule has 2 heteroatoms. The summed E-state index contributed by atoms with van der Waals surface area (Å²) in [4.78, 5) is 11.0. The molecule has 0 amide bonds. The Morgan fingerprint density at radius 1 is 1.00 bits per heavy atom. The summed E-state index contributed by atoms with van der Waals surface area (Å²) in [5, 5.41) is 3.72. The Kier molecular flexibility index (Phi) is 2.12. The van der Waals surface area contributed by atoms with E-state index in [9.17, 15) is 4.79 Å². The van der Waals surface area contributed by atoms with Gasteiger partial charge in [-0.15, -0.1) is 0 Å². The van der Waals surface area contributed by atoms with Crippen LogP contribution in [-0.2, 0) is 4.79 Å². The zero-order valence-electron chi connectivity index (χ0n) is 8.61. The molecule has 1 N–H and O–H groups in total. The van der Waals surface area contributed by atoms with Crippen LogP contribution in [0.4, 0.5) is 0 Å². The Bertz CT molecular complexity index is 240. The summed E-state index contributed by atoms with van der Waals surface area (Å²) in [6.45, 7) is 0. The average molecular weight is 193 g/mol. The van der Waals surface area contributed by atoms with Crippen molar-refractivity contribution in [2.45, 2.75) is 50.6 Å². The highest BCUT2D eigenvalue weighted by Crippen LogP contribution is 2.46. The van der Waals surface area contributed by atoms with Gasteiger partial charge in [-0.05, 0) is 37.5 Å². The van der Waals surface area contributed by atoms with E-state index in [1.807, 2.05) is 0 Å². The molecule has 3 fully saturated rings. The van der Waals surface area contributed by atoms with Gasteiger partial charge in [-0.1, -0.05) is 12.8 Å². The summed E-state index contributed by atoms with van der Waals surface area (Å²) >= 11 is 0. The van der Waals surface area contributed by atoms with E-state index in [4.69, 9.17) is 0 Å². The third-order valence-electron chi connectivity index (χ3n) is 4.70. The van der Waals surface area contributed by atoms with Crippen molar-refractivity contribution in [2.24, 2.45) is 17.8 Å². The summed E-state index contributed by atoms with van der Waals surface area (Å²) in [5.74, 6) is 2.05. The van der Waals surface area contributed by atoms with Crippen LogP contribution in [0.2, 0.25) is 0 Å². The second kappa shape index (κ2) is 3.34. The molecule has 1 aliphatic heterocycles. The van der Waals surface area contributed by atoms with E-state index in [-0.39, 0.29) is 0 Å². The fraction of sp³-hybridized carbons (Fsp3) is 0.917. The fourth-order valence-electron chi connectivity index (χ4n) is 4.10. The van der Waals surface area contributed by atoms with Gasteiger partial charge < -0.3 is 10.1 Å². The van der Waals surface area contributed by atoms with E-state index in [0.29, 0.717) is 12.0 Å². The summed E-state index contributed by atoms with van der Waals surface area (Å²) in [6, 6.07) is 1.29. The van der Waals surface area contributed by atoms with Crippen molar-refractivity contribution in [1.29, 1.82) is 0 Å². The van der Waals surface area contributed by atoms with E-state index in [0.717, 1.165) is 24.3 Å². The first-order valence-electron chi connectivity index (χ1n) is 6.11. The minimum Gasteiger partial charge on any atom is -0.310 e. The van der Waals surface area contributed by atoms with Gasteiger partial charge in [0.1, 0.15) is 6.29 Å². The maximum absolute atomic E-state index is 11.0. The molecule has 3 aliphatic rings. The van der Waals surface area contributed by atoms with Gasteiger partial charge in [0, 0.05) is 18.0 Å². The van der Waals surface area contributed by atoms with Crippen LogP contribution in [0.1, 0.15) is 38.5 Å². The molecule has 14 heavy (non-hydrogen) atoms. The molecule has 0 aromatic carbocycles. The average Bonchev–Trinajstić information content (AvgIpc) is 2.76. The number of hydrogen-bond donors (Lipinski definition) is 1. The normalized spacial score (nSPS) is 51.3. The van der Waals surface area contributed by atoms with E-state index >= 15 is 0 Å². The fourth-order valence-corrected chi connectivity index (χ4v) is 4.10. The summed E-state index contributed by atoms with van der Waals surface area (Å²) in [6.07, 6.45) is 9.12. The number of carbonyl (C=O) groups is 1. The van der Waals surface area contributed by atoms with Crippen LogP contribution in [-0.4, -0.2) is 18.4 Å². The number of rotatable bonds is 1. The predicted octanol–water partition coefficient (Wildman–Crippen LogP) is 1.74. The molecule has 2 saturated carbocycles. The zero-order chi connectivity index (χ0) is 9.54. The maximum Gasteiger partial charge on any atom is 0.124 e. The molecule has 2 nitrogen and oxygen atoms in total. The van der Waals surface area contributed by atoms with Crippen molar-refractivity contribution in [2.75, 3.05) is 0 Å². The van der Waals surface area contributed by atoms with Crippen molar-refractivity contribution in [3.05, 3.63) is 0 Å². The first-order valence-corrected chi connectivity index (χ1v) is 6.11. The third kappa shape index (κ3) is 1.16. The molecular weight excluding hydrogens is 174 g/mol. The Morgan fingerprint density at radius 3 is 2.64 bits per heavy atom. The van der Waals surface area contributed by atoms with Crippen LogP contribution >= 0.6 is 0 Å². The molecule has 78 valence electrons. The molecule has 0 aromatic rings. The van der Waals surface area contributed by atoms with Crippen LogP contribution in [0.25, 0.3) is 0 Å². The second-order valence-corrected chi connectivity index (χ2v) is 5.29. The van der Waals surface area contributed by atoms with Crippen molar-refractivity contribution in [1.82, 2.24) is 5.32 Å². The largest absolute Gasteiger partial charge is 0.310 e. The first kappa shape index (κ1) is 8.90. The molecule has 0 spiro atoms. The Labute approximate surface area is 85.4 Å². The van der Waals surface area contributed by atoms with Crippen LogP contribution < -0.4 is 5.32 Å². The lowest BCUT2D eigenvalue weighted by Crippen LogP contribution is -2.41. The monoisotopic (exact) mass is 193 g/mol. The van der Waals surface area contributed by atoms with Crippen LogP contribution in [0.5, 0.6) is 0 Å². The number of hydrogen-bond acceptors (Lipinski definition) is 2. The highest BCUT2D eigenvalue weighted by Gasteiger charge is 2.48. The highest BCUT2D eigenvalue weighted by atomic mass is 16.1. The van der Waals surface area contributed by atoms with Crippen LogP contribution in [0, 0.1) is 17.8 Å². The lowest BCUT2D eigenvalue weighted by molar-refractivity contribution is -0.113. The molecule has 2 aliphatic carbocycles. The minimum absolute atomic E-state index is 0.319.